The van der Waals surface area contributed by atoms with Crippen LogP contribution in [0.5, 0.6) is 5.75 Å². The lowest BCUT2D eigenvalue weighted by molar-refractivity contribution is 0.0596. The van der Waals surface area contributed by atoms with Crippen LogP contribution in [0.25, 0.3) is 0 Å². The molecule has 0 radical (unpaired) electrons. The first kappa shape index (κ1) is 12.5. The Kier molecular flexibility index (Phi) is 4.79. The minimum absolute atomic E-state index is 0.374. The van der Waals surface area contributed by atoms with Crippen molar-refractivity contribution in [3.63, 3.8) is 0 Å². The summed E-state index contributed by atoms with van der Waals surface area (Å²) in [5.74, 6) is 0.190. The number of methoxy groups -OCH3 is 1. The van der Waals surface area contributed by atoms with Crippen LogP contribution < -0.4 is 10.1 Å². The van der Waals surface area contributed by atoms with E-state index in [1.54, 1.807) is 12.1 Å². The molecule has 1 aromatic carbocycles. The van der Waals surface area contributed by atoms with Gasteiger partial charge in [-0.05, 0) is 31.7 Å². The molecule has 0 saturated carbocycles. The van der Waals surface area contributed by atoms with E-state index in [1.807, 2.05) is 20.0 Å². The lowest BCUT2D eigenvalue weighted by Crippen LogP contribution is -2.09. The minimum atomic E-state index is -0.374. The first-order valence-electron chi connectivity index (χ1n) is 5.21. The molecule has 4 heteroatoms. The number of rotatable bonds is 5. The number of carbonyl (C=O) groups is 1. The summed E-state index contributed by atoms with van der Waals surface area (Å²) < 4.78 is 10.1. The SMILES string of the molecule is CCOc1ccc(CNC)cc1C(=O)OC. The first-order valence-corrected chi connectivity index (χ1v) is 5.21. The lowest BCUT2D eigenvalue weighted by atomic mass is 10.1. The molecule has 1 N–H and O–H groups in total. The molecule has 0 unspecified atom stereocenters. The second kappa shape index (κ2) is 6.12. The van der Waals surface area contributed by atoms with Crippen LogP contribution >= 0.6 is 0 Å². The molecule has 0 atom stereocenters. The third-order valence-corrected chi connectivity index (χ3v) is 2.13. The highest BCUT2D eigenvalue weighted by Crippen LogP contribution is 2.21. The fraction of sp³-hybridized carbons (Fsp3) is 0.417. The van der Waals surface area contributed by atoms with E-state index in [0.717, 1.165) is 5.56 Å². The maximum absolute atomic E-state index is 11.5. The van der Waals surface area contributed by atoms with Gasteiger partial charge in [0.1, 0.15) is 11.3 Å². The third kappa shape index (κ3) is 2.97. The molecule has 88 valence electrons. The van der Waals surface area contributed by atoms with Crippen LogP contribution in [0.3, 0.4) is 0 Å². The number of ether oxygens (including phenoxy) is 2. The number of hydrogen-bond acceptors (Lipinski definition) is 4. The highest BCUT2D eigenvalue weighted by molar-refractivity contribution is 5.92. The van der Waals surface area contributed by atoms with Gasteiger partial charge in [0.25, 0.3) is 0 Å². The van der Waals surface area contributed by atoms with E-state index in [2.05, 4.69) is 5.32 Å². The number of esters is 1. The van der Waals surface area contributed by atoms with Gasteiger partial charge in [-0.2, -0.15) is 0 Å². The topological polar surface area (TPSA) is 47.6 Å². The standard InChI is InChI=1S/C12H17NO3/c1-4-16-11-6-5-9(8-13-2)7-10(11)12(14)15-3/h5-7,13H,4,8H2,1-3H3. The molecular formula is C12H17NO3. The van der Waals surface area contributed by atoms with Crippen molar-refractivity contribution in [1.29, 1.82) is 0 Å². The summed E-state index contributed by atoms with van der Waals surface area (Å²) in [6, 6.07) is 5.50. The van der Waals surface area contributed by atoms with Crippen LogP contribution in [-0.4, -0.2) is 26.7 Å². The number of hydrogen-bond donors (Lipinski definition) is 1. The van der Waals surface area contributed by atoms with E-state index in [0.29, 0.717) is 24.5 Å². The zero-order valence-corrected chi connectivity index (χ0v) is 9.87. The fourth-order valence-corrected chi connectivity index (χ4v) is 1.44. The molecule has 0 aliphatic rings. The van der Waals surface area contributed by atoms with E-state index >= 15 is 0 Å². The van der Waals surface area contributed by atoms with Gasteiger partial charge < -0.3 is 14.8 Å². The summed E-state index contributed by atoms with van der Waals surface area (Å²) in [6.07, 6.45) is 0. The maximum atomic E-state index is 11.5. The Hall–Kier alpha value is -1.55. The molecule has 0 bridgehead atoms. The molecule has 0 spiro atoms. The molecule has 16 heavy (non-hydrogen) atoms. The van der Waals surface area contributed by atoms with Crippen molar-refractivity contribution in [2.24, 2.45) is 0 Å². The van der Waals surface area contributed by atoms with E-state index < -0.39 is 0 Å². The molecule has 0 amide bonds. The summed E-state index contributed by atoms with van der Waals surface area (Å²) in [5, 5.41) is 3.03. The Morgan fingerprint density at radius 2 is 2.19 bits per heavy atom. The van der Waals surface area contributed by atoms with E-state index in [-0.39, 0.29) is 5.97 Å². The lowest BCUT2D eigenvalue weighted by Gasteiger charge is -2.10. The second-order valence-corrected chi connectivity index (χ2v) is 3.29. The van der Waals surface area contributed by atoms with Gasteiger partial charge >= 0.3 is 5.97 Å². The van der Waals surface area contributed by atoms with E-state index in [1.165, 1.54) is 7.11 Å². The fourth-order valence-electron chi connectivity index (χ4n) is 1.44. The molecule has 1 rings (SSSR count). The molecular weight excluding hydrogens is 206 g/mol. The summed E-state index contributed by atoms with van der Waals surface area (Å²) in [4.78, 5) is 11.5. The van der Waals surface area contributed by atoms with Crippen LogP contribution in [-0.2, 0) is 11.3 Å². The van der Waals surface area contributed by atoms with E-state index in [9.17, 15) is 4.79 Å². The van der Waals surface area contributed by atoms with Crippen LogP contribution in [0.15, 0.2) is 18.2 Å². The molecule has 0 aromatic heterocycles. The highest BCUT2D eigenvalue weighted by atomic mass is 16.5. The van der Waals surface area contributed by atoms with E-state index in [4.69, 9.17) is 9.47 Å². The Bertz CT molecular complexity index is 363. The summed E-state index contributed by atoms with van der Waals surface area (Å²) in [7, 11) is 3.22. The van der Waals surface area contributed by atoms with Crippen molar-refractivity contribution in [2.45, 2.75) is 13.5 Å². The summed E-state index contributed by atoms with van der Waals surface area (Å²) >= 11 is 0. The first-order chi connectivity index (χ1) is 7.72. The molecule has 0 aliphatic carbocycles. The number of carbonyl (C=O) groups excluding carboxylic acids is 1. The minimum Gasteiger partial charge on any atom is -0.493 e. The summed E-state index contributed by atoms with van der Waals surface area (Å²) in [6.45, 7) is 3.11. The Balaban J connectivity index is 3.05. The molecule has 4 nitrogen and oxygen atoms in total. The van der Waals surface area contributed by atoms with Crippen molar-refractivity contribution in [1.82, 2.24) is 5.32 Å². The second-order valence-electron chi connectivity index (χ2n) is 3.29. The Labute approximate surface area is 95.6 Å². The average Bonchev–Trinajstić information content (AvgIpc) is 2.31. The molecule has 0 heterocycles. The quantitative estimate of drug-likeness (QED) is 0.770. The summed E-state index contributed by atoms with van der Waals surface area (Å²) in [5.41, 5.74) is 1.49. The van der Waals surface area contributed by atoms with Crippen LogP contribution in [0.2, 0.25) is 0 Å². The van der Waals surface area contributed by atoms with Gasteiger partial charge in [0.2, 0.25) is 0 Å². The van der Waals surface area contributed by atoms with Crippen molar-refractivity contribution in [2.75, 3.05) is 20.8 Å². The van der Waals surface area contributed by atoms with Crippen LogP contribution in [0, 0.1) is 0 Å². The van der Waals surface area contributed by atoms with Gasteiger partial charge in [0, 0.05) is 6.54 Å². The zero-order valence-electron chi connectivity index (χ0n) is 9.87. The van der Waals surface area contributed by atoms with Crippen LogP contribution in [0.4, 0.5) is 0 Å². The average molecular weight is 223 g/mol. The molecule has 0 aliphatic heterocycles. The Morgan fingerprint density at radius 3 is 2.75 bits per heavy atom. The third-order valence-electron chi connectivity index (χ3n) is 2.13. The largest absolute Gasteiger partial charge is 0.493 e. The van der Waals surface area contributed by atoms with Crippen molar-refractivity contribution in [3.8, 4) is 5.75 Å². The Morgan fingerprint density at radius 1 is 1.44 bits per heavy atom. The normalized spacial score (nSPS) is 9.94. The van der Waals surface area contributed by atoms with Crippen molar-refractivity contribution >= 4 is 5.97 Å². The highest BCUT2D eigenvalue weighted by Gasteiger charge is 2.13. The predicted octanol–water partition coefficient (Wildman–Crippen LogP) is 1.59. The van der Waals surface area contributed by atoms with Crippen molar-refractivity contribution in [3.05, 3.63) is 29.3 Å². The van der Waals surface area contributed by atoms with Gasteiger partial charge in [-0.15, -0.1) is 0 Å². The molecule has 0 fully saturated rings. The zero-order chi connectivity index (χ0) is 12.0. The van der Waals surface area contributed by atoms with Gasteiger partial charge in [-0.1, -0.05) is 6.07 Å². The number of nitrogens with one attached hydrogen (secondary N) is 1. The number of benzene rings is 1. The predicted molar refractivity (Wildman–Crippen MR) is 61.7 cm³/mol. The van der Waals surface area contributed by atoms with Crippen molar-refractivity contribution < 1.29 is 14.3 Å². The van der Waals surface area contributed by atoms with Gasteiger partial charge in [0.05, 0.1) is 13.7 Å². The van der Waals surface area contributed by atoms with Gasteiger partial charge in [-0.25, -0.2) is 4.79 Å². The monoisotopic (exact) mass is 223 g/mol. The molecule has 1 aromatic rings. The maximum Gasteiger partial charge on any atom is 0.341 e. The molecule has 0 saturated heterocycles. The van der Waals surface area contributed by atoms with Gasteiger partial charge in [-0.3, -0.25) is 0 Å². The van der Waals surface area contributed by atoms with Crippen LogP contribution in [0.1, 0.15) is 22.8 Å². The van der Waals surface area contributed by atoms with Gasteiger partial charge in [0.15, 0.2) is 0 Å². The smallest absolute Gasteiger partial charge is 0.341 e.